The molecule has 0 spiro atoms. The van der Waals surface area contributed by atoms with Crippen molar-refractivity contribution in [2.45, 2.75) is 25.4 Å². The zero-order chi connectivity index (χ0) is 19.3. The van der Waals surface area contributed by atoms with Crippen molar-refractivity contribution in [2.75, 3.05) is 51.3 Å². The highest BCUT2D eigenvalue weighted by Gasteiger charge is 2.32. The second-order valence-electron chi connectivity index (χ2n) is 7.26. The van der Waals surface area contributed by atoms with Crippen molar-refractivity contribution in [3.05, 3.63) is 29.8 Å². The van der Waals surface area contributed by atoms with Gasteiger partial charge in [0.2, 0.25) is 5.91 Å². The number of carbonyl (C=O) groups is 1. The Balaban J connectivity index is 0.00000280. The van der Waals surface area contributed by atoms with Gasteiger partial charge in [0.1, 0.15) is 5.75 Å². The SMILES string of the molecule is COc1ccc(CN(CCC(=O)N2CCNCC2)C2CCS(=O)(=O)C2)cc1.Cl. The van der Waals surface area contributed by atoms with Gasteiger partial charge in [0.15, 0.2) is 9.84 Å². The van der Waals surface area contributed by atoms with E-state index in [9.17, 15) is 13.2 Å². The zero-order valence-corrected chi connectivity index (χ0v) is 17.9. The van der Waals surface area contributed by atoms with Gasteiger partial charge in [-0.05, 0) is 24.1 Å². The number of amides is 1. The van der Waals surface area contributed by atoms with Crippen molar-refractivity contribution in [1.82, 2.24) is 15.1 Å². The zero-order valence-electron chi connectivity index (χ0n) is 16.3. The fraction of sp³-hybridized carbons (Fsp3) is 0.632. The quantitative estimate of drug-likeness (QED) is 0.691. The second-order valence-corrected chi connectivity index (χ2v) is 9.48. The van der Waals surface area contributed by atoms with Gasteiger partial charge in [0, 0.05) is 51.7 Å². The first kappa shape index (κ1) is 22.9. The topological polar surface area (TPSA) is 79.0 Å². The Morgan fingerprint density at radius 2 is 1.93 bits per heavy atom. The van der Waals surface area contributed by atoms with E-state index in [-0.39, 0.29) is 35.9 Å². The van der Waals surface area contributed by atoms with E-state index in [4.69, 9.17) is 4.74 Å². The lowest BCUT2D eigenvalue weighted by Crippen LogP contribution is -2.47. The van der Waals surface area contributed by atoms with Crippen LogP contribution in [0.25, 0.3) is 0 Å². The molecule has 9 heteroatoms. The van der Waals surface area contributed by atoms with Gasteiger partial charge in [0.25, 0.3) is 0 Å². The number of hydrogen-bond donors (Lipinski definition) is 1. The van der Waals surface area contributed by atoms with Crippen molar-refractivity contribution in [3.8, 4) is 5.75 Å². The smallest absolute Gasteiger partial charge is 0.223 e. The number of halogens is 1. The van der Waals surface area contributed by atoms with Crippen molar-refractivity contribution < 1.29 is 17.9 Å². The van der Waals surface area contributed by atoms with E-state index >= 15 is 0 Å². The average Bonchev–Trinajstić information content (AvgIpc) is 3.05. The van der Waals surface area contributed by atoms with Gasteiger partial charge in [0.05, 0.1) is 18.6 Å². The molecule has 0 saturated carbocycles. The minimum absolute atomic E-state index is 0. The van der Waals surface area contributed by atoms with Crippen LogP contribution in [0.4, 0.5) is 0 Å². The molecular formula is C19H30ClN3O4S. The molecule has 2 aliphatic heterocycles. The fourth-order valence-electron chi connectivity index (χ4n) is 3.73. The molecule has 2 fully saturated rings. The van der Waals surface area contributed by atoms with Crippen LogP contribution in [-0.2, 0) is 21.2 Å². The predicted molar refractivity (Wildman–Crippen MR) is 112 cm³/mol. The Hall–Kier alpha value is -1.35. The Bertz CT molecular complexity index is 736. The first-order chi connectivity index (χ1) is 13.0. The van der Waals surface area contributed by atoms with Crippen molar-refractivity contribution in [3.63, 3.8) is 0 Å². The third kappa shape index (κ3) is 6.34. The lowest BCUT2D eigenvalue weighted by atomic mass is 10.1. The predicted octanol–water partition coefficient (Wildman–Crippen LogP) is 0.928. The minimum Gasteiger partial charge on any atom is -0.497 e. The summed E-state index contributed by atoms with van der Waals surface area (Å²) in [6, 6.07) is 7.78. The highest BCUT2D eigenvalue weighted by Crippen LogP contribution is 2.21. The first-order valence-electron chi connectivity index (χ1n) is 9.53. The van der Waals surface area contributed by atoms with Crippen LogP contribution in [0.15, 0.2) is 24.3 Å². The molecule has 1 N–H and O–H groups in total. The van der Waals surface area contributed by atoms with E-state index < -0.39 is 9.84 Å². The van der Waals surface area contributed by atoms with Crippen LogP contribution in [-0.4, -0.2) is 81.5 Å². The molecule has 2 heterocycles. The minimum atomic E-state index is -2.97. The molecule has 1 unspecified atom stereocenters. The number of piperazine rings is 1. The lowest BCUT2D eigenvalue weighted by Gasteiger charge is -2.31. The van der Waals surface area contributed by atoms with Crippen LogP contribution < -0.4 is 10.1 Å². The largest absolute Gasteiger partial charge is 0.497 e. The number of nitrogens with zero attached hydrogens (tertiary/aromatic N) is 2. The van der Waals surface area contributed by atoms with E-state index in [1.807, 2.05) is 29.2 Å². The molecule has 2 saturated heterocycles. The number of carbonyl (C=O) groups excluding carboxylic acids is 1. The molecule has 158 valence electrons. The number of sulfone groups is 1. The molecule has 0 radical (unpaired) electrons. The summed E-state index contributed by atoms with van der Waals surface area (Å²) < 4.78 is 29.1. The molecule has 1 amide bonds. The molecular weight excluding hydrogens is 402 g/mol. The van der Waals surface area contributed by atoms with E-state index in [0.29, 0.717) is 25.9 Å². The maximum absolute atomic E-state index is 12.5. The van der Waals surface area contributed by atoms with Gasteiger partial charge in [-0.15, -0.1) is 12.4 Å². The molecule has 3 rings (SSSR count). The van der Waals surface area contributed by atoms with Crippen molar-refractivity contribution in [1.29, 1.82) is 0 Å². The Morgan fingerprint density at radius 3 is 2.50 bits per heavy atom. The Kier molecular flexibility index (Phi) is 8.55. The Labute approximate surface area is 173 Å². The summed E-state index contributed by atoms with van der Waals surface area (Å²) in [6.07, 6.45) is 1.06. The highest BCUT2D eigenvalue weighted by atomic mass is 35.5. The van der Waals surface area contributed by atoms with Gasteiger partial charge in [-0.2, -0.15) is 0 Å². The Morgan fingerprint density at radius 1 is 1.25 bits per heavy atom. The summed E-state index contributed by atoms with van der Waals surface area (Å²) in [7, 11) is -1.34. The molecule has 1 aromatic carbocycles. The normalized spacial score (nSPS) is 21.4. The molecule has 7 nitrogen and oxygen atoms in total. The summed E-state index contributed by atoms with van der Waals surface area (Å²) in [5, 5.41) is 3.25. The van der Waals surface area contributed by atoms with Crippen LogP contribution >= 0.6 is 12.4 Å². The molecule has 2 aliphatic rings. The monoisotopic (exact) mass is 431 g/mol. The molecule has 28 heavy (non-hydrogen) atoms. The molecule has 1 atom stereocenters. The van der Waals surface area contributed by atoms with Gasteiger partial charge in [-0.3, -0.25) is 9.69 Å². The number of hydrogen-bond acceptors (Lipinski definition) is 6. The van der Waals surface area contributed by atoms with Crippen LogP contribution in [0.3, 0.4) is 0 Å². The van der Waals surface area contributed by atoms with E-state index in [1.54, 1.807) is 7.11 Å². The van der Waals surface area contributed by atoms with Gasteiger partial charge in [-0.25, -0.2) is 8.42 Å². The molecule has 0 bridgehead atoms. The second kappa shape index (κ2) is 10.4. The molecule has 0 aromatic heterocycles. The third-order valence-electron chi connectivity index (χ3n) is 5.35. The average molecular weight is 432 g/mol. The number of nitrogens with one attached hydrogen (secondary N) is 1. The van der Waals surface area contributed by atoms with Crippen LogP contribution in [0.1, 0.15) is 18.4 Å². The lowest BCUT2D eigenvalue weighted by molar-refractivity contribution is -0.132. The fourth-order valence-corrected chi connectivity index (χ4v) is 5.49. The summed E-state index contributed by atoms with van der Waals surface area (Å²) in [5.74, 6) is 1.37. The van der Waals surface area contributed by atoms with E-state index in [1.165, 1.54) is 0 Å². The number of benzene rings is 1. The molecule has 1 aromatic rings. The van der Waals surface area contributed by atoms with Crippen molar-refractivity contribution in [2.24, 2.45) is 0 Å². The standard InChI is InChI=1S/C19H29N3O4S.ClH/c1-26-18-4-2-16(3-5-18)14-22(17-7-13-27(24,25)15-17)10-6-19(23)21-11-8-20-9-12-21;/h2-5,17,20H,6-15H2,1H3;1H. The van der Waals surface area contributed by atoms with Crippen LogP contribution in [0.2, 0.25) is 0 Å². The summed E-state index contributed by atoms with van der Waals surface area (Å²) >= 11 is 0. The van der Waals surface area contributed by atoms with E-state index in [2.05, 4.69) is 10.2 Å². The van der Waals surface area contributed by atoms with Crippen molar-refractivity contribution >= 4 is 28.2 Å². The van der Waals surface area contributed by atoms with Gasteiger partial charge < -0.3 is 15.0 Å². The van der Waals surface area contributed by atoms with E-state index in [0.717, 1.165) is 37.5 Å². The van der Waals surface area contributed by atoms with Crippen LogP contribution in [0, 0.1) is 0 Å². The highest BCUT2D eigenvalue weighted by molar-refractivity contribution is 7.91. The number of methoxy groups -OCH3 is 1. The summed E-state index contributed by atoms with van der Waals surface area (Å²) in [4.78, 5) is 16.6. The number of ether oxygens (including phenoxy) is 1. The number of rotatable bonds is 7. The molecule has 0 aliphatic carbocycles. The maximum Gasteiger partial charge on any atom is 0.223 e. The maximum atomic E-state index is 12.5. The van der Waals surface area contributed by atoms with Gasteiger partial charge in [-0.1, -0.05) is 12.1 Å². The third-order valence-corrected chi connectivity index (χ3v) is 7.10. The summed E-state index contributed by atoms with van der Waals surface area (Å²) in [5.41, 5.74) is 1.09. The van der Waals surface area contributed by atoms with Gasteiger partial charge >= 0.3 is 0 Å². The summed E-state index contributed by atoms with van der Waals surface area (Å²) in [6.45, 7) is 4.38. The van der Waals surface area contributed by atoms with Crippen LogP contribution in [0.5, 0.6) is 5.75 Å². The first-order valence-corrected chi connectivity index (χ1v) is 11.3.